The number of hydrogen-bond donors (Lipinski definition) is 1. The lowest BCUT2D eigenvalue weighted by Crippen LogP contribution is -2.70. The summed E-state index contributed by atoms with van der Waals surface area (Å²) in [4.78, 5) is 39.7. The topological polar surface area (TPSA) is 84.9 Å². The highest BCUT2D eigenvalue weighted by molar-refractivity contribution is 8.00. The molecule has 9 heteroatoms. The second kappa shape index (κ2) is 10.3. The fourth-order valence-electron chi connectivity index (χ4n) is 3.72. The van der Waals surface area contributed by atoms with Gasteiger partial charge in [-0.05, 0) is 28.8 Å². The average molecular weight is 487 g/mol. The Balaban J connectivity index is 1.41. The van der Waals surface area contributed by atoms with Gasteiger partial charge in [-0.2, -0.15) is 0 Å². The molecule has 4 rings (SSSR count). The number of hydrogen-bond acceptors (Lipinski definition) is 6. The van der Waals surface area contributed by atoms with E-state index < -0.39 is 12.0 Å². The van der Waals surface area contributed by atoms with E-state index in [0.717, 1.165) is 11.1 Å². The molecule has 0 bridgehead atoms. The van der Waals surface area contributed by atoms with Crippen LogP contribution in [0.25, 0.3) is 0 Å². The lowest BCUT2D eigenvalue weighted by molar-refractivity contribution is -0.153. The van der Waals surface area contributed by atoms with Crippen molar-refractivity contribution in [3.05, 3.63) is 77.0 Å². The van der Waals surface area contributed by atoms with Gasteiger partial charge < -0.3 is 14.8 Å². The Hall–Kier alpha value is -2.97. The Morgan fingerprint density at radius 1 is 1.12 bits per heavy atom. The summed E-state index contributed by atoms with van der Waals surface area (Å²) in [5.74, 6) is 0.116. The summed E-state index contributed by atoms with van der Waals surface area (Å²) in [6.07, 6.45) is 0.182. The first-order valence-corrected chi connectivity index (χ1v) is 12.0. The van der Waals surface area contributed by atoms with Crippen molar-refractivity contribution in [1.29, 1.82) is 0 Å². The van der Waals surface area contributed by atoms with Crippen molar-refractivity contribution in [2.75, 3.05) is 18.7 Å². The van der Waals surface area contributed by atoms with Gasteiger partial charge in [-0.15, -0.1) is 23.4 Å². The van der Waals surface area contributed by atoms with Gasteiger partial charge in [0.15, 0.2) is 0 Å². The van der Waals surface area contributed by atoms with Crippen molar-refractivity contribution < 1.29 is 23.9 Å². The number of benzene rings is 2. The maximum absolute atomic E-state index is 12.9. The van der Waals surface area contributed by atoms with Crippen molar-refractivity contribution in [1.82, 2.24) is 10.2 Å². The summed E-state index contributed by atoms with van der Waals surface area (Å²) < 4.78 is 10.6. The van der Waals surface area contributed by atoms with Gasteiger partial charge in [0.25, 0.3) is 5.91 Å². The molecule has 7 nitrogen and oxygen atoms in total. The van der Waals surface area contributed by atoms with Crippen LogP contribution in [-0.4, -0.2) is 52.8 Å². The molecule has 0 radical (unpaired) electrons. The van der Waals surface area contributed by atoms with Crippen LogP contribution in [0.5, 0.6) is 5.75 Å². The predicted molar refractivity (Wildman–Crippen MR) is 126 cm³/mol. The number of nitrogens with zero attached hydrogens (tertiary/aromatic N) is 1. The number of amides is 2. The van der Waals surface area contributed by atoms with Gasteiger partial charge in [0, 0.05) is 11.6 Å². The summed E-state index contributed by atoms with van der Waals surface area (Å²) >= 11 is 7.54. The first kappa shape index (κ1) is 23.2. The second-order valence-electron chi connectivity index (χ2n) is 7.63. The van der Waals surface area contributed by atoms with Gasteiger partial charge in [0.05, 0.1) is 13.5 Å². The summed E-state index contributed by atoms with van der Waals surface area (Å²) in [7, 11) is 1.58. The predicted octanol–water partition coefficient (Wildman–Crippen LogP) is 2.87. The zero-order valence-electron chi connectivity index (χ0n) is 18.0. The van der Waals surface area contributed by atoms with Crippen molar-refractivity contribution in [2.24, 2.45) is 0 Å². The van der Waals surface area contributed by atoms with Crippen molar-refractivity contribution >= 4 is 41.1 Å². The van der Waals surface area contributed by atoms with Crippen LogP contribution in [-0.2, 0) is 32.1 Å². The Labute approximate surface area is 201 Å². The largest absolute Gasteiger partial charge is 0.497 e. The quantitative estimate of drug-likeness (QED) is 0.351. The number of ether oxygens (including phenoxy) is 2. The van der Waals surface area contributed by atoms with E-state index in [9.17, 15) is 14.4 Å². The fraction of sp³-hybridized carbons (Fsp3) is 0.292. The molecule has 1 fully saturated rings. The molecule has 0 aromatic heterocycles. The molecule has 2 aliphatic heterocycles. The number of β-lactam (4-membered cyclic amide) rings is 1. The number of halogens is 1. The van der Waals surface area contributed by atoms with Gasteiger partial charge in [-0.1, -0.05) is 42.5 Å². The molecule has 2 amide bonds. The van der Waals surface area contributed by atoms with Crippen LogP contribution in [0.3, 0.4) is 0 Å². The molecular weight excluding hydrogens is 464 g/mol. The Morgan fingerprint density at radius 2 is 1.85 bits per heavy atom. The minimum absolute atomic E-state index is 0.0545. The molecule has 172 valence electrons. The third-order valence-corrected chi connectivity index (χ3v) is 7.12. The van der Waals surface area contributed by atoms with E-state index in [-0.39, 0.29) is 41.8 Å². The van der Waals surface area contributed by atoms with Crippen LogP contribution in [0.1, 0.15) is 11.1 Å². The van der Waals surface area contributed by atoms with Crippen LogP contribution in [0, 0.1) is 0 Å². The van der Waals surface area contributed by atoms with Crippen molar-refractivity contribution in [2.45, 2.75) is 24.4 Å². The van der Waals surface area contributed by atoms with Crippen molar-refractivity contribution in [3.63, 3.8) is 0 Å². The zero-order valence-corrected chi connectivity index (χ0v) is 19.5. The minimum Gasteiger partial charge on any atom is -0.497 e. The van der Waals surface area contributed by atoms with E-state index in [1.54, 1.807) is 31.4 Å². The smallest absolute Gasteiger partial charge is 0.355 e. The van der Waals surface area contributed by atoms with E-state index in [2.05, 4.69) is 5.32 Å². The molecule has 0 saturated carbocycles. The Morgan fingerprint density at radius 3 is 2.52 bits per heavy atom. The van der Waals surface area contributed by atoms with Crippen LogP contribution >= 0.6 is 23.4 Å². The fourth-order valence-corrected chi connectivity index (χ4v) is 5.40. The second-order valence-corrected chi connectivity index (χ2v) is 9.00. The highest BCUT2D eigenvalue weighted by Gasteiger charge is 2.54. The van der Waals surface area contributed by atoms with Gasteiger partial charge >= 0.3 is 5.97 Å². The van der Waals surface area contributed by atoms with E-state index in [1.165, 1.54) is 16.7 Å². The SMILES string of the molecule is COc1ccc(COC(=O)C2=C(CCl)CS[C@@H]3C(NC(=O)Cc4ccccc4)C(=O)N23)cc1. The average Bonchev–Trinajstić information content (AvgIpc) is 2.85. The molecular formula is C24H23ClN2O5S. The standard InChI is InChI=1S/C24H23ClN2O5S/c1-31-18-9-7-16(8-10-18)13-32-24(30)21-17(12-25)14-33-23-20(22(29)27(21)23)26-19(28)11-15-5-3-2-4-6-15/h2-10,20,23H,11-14H2,1H3,(H,26,28)/t20?,23-/m1/s1. The van der Waals surface area contributed by atoms with Gasteiger partial charge in [0.1, 0.15) is 29.5 Å². The van der Waals surface area contributed by atoms with E-state index in [0.29, 0.717) is 17.1 Å². The minimum atomic E-state index is -0.688. The highest BCUT2D eigenvalue weighted by Crippen LogP contribution is 2.41. The Kier molecular flexibility index (Phi) is 7.25. The van der Waals surface area contributed by atoms with Crippen molar-refractivity contribution in [3.8, 4) is 5.75 Å². The summed E-state index contributed by atoms with van der Waals surface area (Å²) in [6, 6.07) is 15.8. The monoisotopic (exact) mass is 486 g/mol. The van der Waals surface area contributed by atoms with Gasteiger partial charge in [-0.3, -0.25) is 14.5 Å². The number of methoxy groups -OCH3 is 1. The summed E-state index contributed by atoms with van der Waals surface area (Å²) in [5, 5.41) is 2.44. The molecule has 2 heterocycles. The normalized spacial score (nSPS) is 19.5. The number of thioether (sulfide) groups is 1. The third-order valence-electron chi connectivity index (χ3n) is 5.45. The molecule has 1 saturated heterocycles. The first-order chi connectivity index (χ1) is 16.0. The third kappa shape index (κ3) is 5.02. The van der Waals surface area contributed by atoms with E-state index >= 15 is 0 Å². The van der Waals surface area contributed by atoms with Crippen LogP contribution in [0.2, 0.25) is 0 Å². The van der Waals surface area contributed by atoms with E-state index in [1.807, 2.05) is 30.3 Å². The van der Waals surface area contributed by atoms with Gasteiger partial charge in [-0.25, -0.2) is 4.79 Å². The first-order valence-electron chi connectivity index (χ1n) is 10.4. The maximum atomic E-state index is 12.9. The number of nitrogens with one attached hydrogen (secondary N) is 1. The zero-order chi connectivity index (χ0) is 23.4. The number of carbonyl (C=O) groups is 3. The molecule has 1 unspecified atom stereocenters. The molecule has 0 spiro atoms. The van der Waals surface area contributed by atoms with Crippen LogP contribution in [0.4, 0.5) is 0 Å². The molecule has 2 aromatic rings. The molecule has 2 aromatic carbocycles. The highest BCUT2D eigenvalue weighted by atomic mass is 35.5. The molecule has 33 heavy (non-hydrogen) atoms. The van der Waals surface area contributed by atoms with Crippen LogP contribution < -0.4 is 10.1 Å². The molecule has 1 N–H and O–H groups in total. The number of fused-ring (bicyclic) bond motifs is 1. The molecule has 2 aliphatic rings. The lowest BCUT2D eigenvalue weighted by Gasteiger charge is -2.49. The lowest BCUT2D eigenvalue weighted by atomic mass is 10.0. The molecule has 0 aliphatic carbocycles. The van der Waals surface area contributed by atoms with E-state index in [4.69, 9.17) is 21.1 Å². The summed E-state index contributed by atoms with van der Waals surface area (Å²) in [5.41, 5.74) is 2.47. The maximum Gasteiger partial charge on any atom is 0.355 e. The van der Waals surface area contributed by atoms with Crippen LogP contribution in [0.15, 0.2) is 65.9 Å². The number of carbonyl (C=O) groups excluding carboxylic acids is 3. The number of rotatable bonds is 8. The Bertz CT molecular complexity index is 1070. The number of esters is 1. The summed E-state index contributed by atoms with van der Waals surface area (Å²) in [6.45, 7) is 0.0545. The van der Waals surface area contributed by atoms with Gasteiger partial charge in [0.2, 0.25) is 5.91 Å². The molecule has 2 atom stereocenters. The number of alkyl halides is 1.